The topological polar surface area (TPSA) is 62.4 Å². The summed E-state index contributed by atoms with van der Waals surface area (Å²) in [6.45, 7) is 4.76. The van der Waals surface area contributed by atoms with Gasteiger partial charge in [0.1, 0.15) is 5.75 Å². The Hall–Kier alpha value is -2.86. The summed E-state index contributed by atoms with van der Waals surface area (Å²) in [7, 11) is 0. The third-order valence-corrected chi connectivity index (χ3v) is 5.75. The monoisotopic (exact) mass is 451 g/mol. The van der Waals surface area contributed by atoms with Crippen molar-refractivity contribution in [1.82, 2.24) is 10.6 Å². The van der Waals surface area contributed by atoms with Crippen LogP contribution < -0.4 is 20.7 Å². The van der Waals surface area contributed by atoms with E-state index in [-0.39, 0.29) is 5.91 Å². The molecule has 0 spiro atoms. The second-order valence-electron chi connectivity index (χ2n) is 8.04. The van der Waals surface area contributed by atoms with Crippen LogP contribution in [0.4, 0.5) is 5.69 Å². The lowest BCUT2D eigenvalue weighted by Crippen LogP contribution is -2.45. The lowest BCUT2D eigenvalue weighted by molar-refractivity contribution is -0.113. The number of rotatable bonds is 11. The molecule has 32 heavy (non-hydrogen) atoms. The minimum atomic E-state index is -0.395. The zero-order valence-electron chi connectivity index (χ0n) is 18.9. The van der Waals surface area contributed by atoms with Crippen LogP contribution in [0, 0.1) is 0 Å². The molecule has 1 heterocycles. The average molecular weight is 452 g/mol. The predicted molar refractivity (Wildman–Crippen MR) is 135 cm³/mol. The van der Waals surface area contributed by atoms with Gasteiger partial charge in [-0.3, -0.25) is 4.79 Å². The quantitative estimate of drug-likeness (QED) is 0.295. The largest absolute Gasteiger partial charge is 0.493 e. The highest BCUT2D eigenvalue weighted by molar-refractivity contribution is 7.80. The number of hydrogen-bond acceptors (Lipinski definition) is 3. The second-order valence-corrected chi connectivity index (χ2v) is 8.45. The molecular formula is C26H33N3O2S. The first-order valence-electron chi connectivity index (χ1n) is 11.5. The highest BCUT2D eigenvalue weighted by Crippen LogP contribution is 2.33. The molecule has 0 aromatic heterocycles. The van der Waals surface area contributed by atoms with Gasteiger partial charge in [0.15, 0.2) is 5.11 Å². The number of nitrogens with one attached hydrogen (secondary N) is 3. The van der Waals surface area contributed by atoms with Crippen molar-refractivity contribution >= 4 is 28.9 Å². The summed E-state index contributed by atoms with van der Waals surface area (Å²) in [5, 5.41) is 9.84. The Kier molecular flexibility index (Phi) is 9.11. The summed E-state index contributed by atoms with van der Waals surface area (Å²) in [4.78, 5) is 13.2. The number of anilines is 1. The molecular weight excluding hydrogens is 418 g/mol. The molecule has 1 aliphatic heterocycles. The maximum Gasteiger partial charge on any atom is 0.255 e. The summed E-state index contributed by atoms with van der Waals surface area (Å²) >= 11 is 5.40. The Balaban J connectivity index is 1.75. The van der Waals surface area contributed by atoms with Crippen molar-refractivity contribution < 1.29 is 9.53 Å². The number of para-hydroxylation sites is 2. The molecule has 3 rings (SSSR count). The van der Waals surface area contributed by atoms with Gasteiger partial charge >= 0.3 is 0 Å². The number of carbonyl (C=O) groups excluding carboxylic acids is 1. The van der Waals surface area contributed by atoms with E-state index in [2.05, 4.69) is 22.9 Å². The van der Waals surface area contributed by atoms with E-state index in [1.807, 2.05) is 61.5 Å². The summed E-state index contributed by atoms with van der Waals surface area (Å²) in [5.41, 5.74) is 2.98. The molecule has 2 aromatic carbocycles. The van der Waals surface area contributed by atoms with E-state index < -0.39 is 6.04 Å². The van der Waals surface area contributed by atoms with Crippen LogP contribution in [0.25, 0.3) is 0 Å². The number of amides is 1. The Morgan fingerprint density at radius 1 is 1.00 bits per heavy atom. The fraction of sp³-hybridized carbons (Fsp3) is 0.385. The van der Waals surface area contributed by atoms with Crippen LogP contribution in [-0.4, -0.2) is 17.6 Å². The molecule has 1 aliphatic rings. The molecule has 170 valence electrons. The minimum absolute atomic E-state index is 0.174. The van der Waals surface area contributed by atoms with Gasteiger partial charge in [-0.15, -0.1) is 0 Å². The summed E-state index contributed by atoms with van der Waals surface area (Å²) in [5.74, 6) is 0.605. The SMILES string of the molecule is CCCCCCCCOc1ccccc1[C@H]1NC(=S)NC(C)=C1C(=O)Nc1ccccc1. The van der Waals surface area contributed by atoms with Gasteiger partial charge in [0, 0.05) is 16.9 Å². The predicted octanol–water partition coefficient (Wildman–Crippen LogP) is 5.86. The summed E-state index contributed by atoms with van der Waals surface area (Å²) in [6.07, 6.45) is 7.27. The van der Waals surface area contributed by atoms with E-state index in [0.29, 0.717) is 17.3 Å². The van der Waals surface area contributed by atoms with Crippen LogP contribution in [0.15, 0.2) is 65.9 Å². The van der Waals surface area contributed by atoms with Gasteiger partial charge in [0.05, 0.1) is 18.2 Å². The van der Waals surface area contributed by atoms with Crippen LogP contribution in [0.1, 0.15) is 64.0 Å². The number of allylic oxidation sites excluding steroid dienone is 1. The van der Waals surface area contributed by atoms with Gasteiger partial charge in [-0.2, -0.15) is 0 Å². The standard InChI is InChI=1S/C26H33N3O2S/c1-3-4-5-6-7-13-18-31-22-17-12-11-16-21(22)24-23(19(2)27-26(32)29-24)25(30)28-20-14-9-8-10-15-20/h8-12,14-17,24H,3-7,13,18H2,1-2H3,(H,28,30)(H2,27,29,32)/t24-/m1/s1. The Morgan fingerprint density at radius 2 is 1.69 bits per heavy atom. The number of ether oxygens (including phenoxy) is 1. The fourth-order valence-electron chi connectivity index (χ4n) is 3.86. The van der Waals surface area contributed by atoms with Crippen molar-refractivity contribution in [1.29, 1.82) is 0 Å². The van der Waals surface area contributed by atoms with Crippen LogP contribution in [-0.2, 0) is 4.79 Å². The number of carbonyl (C=O) groups is 1. The van der Waals surface area contributed by atoms with E-state index >= 15 is 0 Å². The number of unbranched alkanes of at least 4 members (excludes halogenated alkanes) is 5. The molecule has 0 bridgehead atoms. The van der Waals surface area contributed by atoms with Crippen molar-refractivity contribution in [3.8, 4) is 5.75 Å². The molecule has 2 aromatic rings. The molecule has 1 atom stereocenters. The zero-order chi connectivity index (χ0) is 22.8. The third-order valence-electron chi connectivity index (χ3n) is 5.53. The van der Waals surface area contributed by atoms with Crippen LogP contribution in [0.2, 0.25) is 0 Å². The van der Waals surface area contributed by atoms with Gasteiger partial charge in [-0.25, -0.2) is 0 Å². The highest BCUT2D eigenvalue weighted by Gasteiger charge is 2.31. The molecule has 0 unspecified atom stereocenters. The maximum absolute atomic E-state index is 13.2. The number of benzene rings is 2. The fourth-order valence-corrected chi connectivity index (χ4v) is 4.13. The lowest BCUT2D eigenvalue weighted by atomic mass is 9.94. The van der Waals surface area contributed by atoms with Gasteiger partial charge in [0.2, 0.25) is 0 Å². The van der Waals surface area contributed by atoms with Crippen molar-refractivity contribution in [3.05, 3.63) is 71.4 Å². The van der Waals surface area contributed by atoms with Gasteiger partial charge < -0.3 is 20.7 Å². The van der Waals surface area contributed by atoms with Crippen LogP contribution in [0.3, 0.4) is 0 Å². The molecule has 5 nitrogen and oxygen atoms in total. The van der Waals surface area contributed by atoms with Crippen molar-refractivity contribution in [2.45, 2.75) is 58.4 Å². The molecule has 0 fully saturated rings. The summed E-state index contributed by atoms with van der Waals surface area (Å²) < 4.78 is 6.16. The lowest BCUT2D eigenvalue weighted by Gasteiger charge is -2.31. The van der Waals surface area contributed by atoms with E-state index in [1.165, 1.54) is 32.1 Å². The van der Waals surface area contributed by atoms with Gasteiger partial charge in [-0.1, -0.05) is 75.4 Å². The van der Waals surface area contributed by atoms with Crippen LogP contribution in [0.5, 0.6) is 5.75 Å². The molecule has 0 saturated heterocycles. The van der Waals surface area contributed by atoms with Crippen molar-refractivity contribution in [2.24, 2.45) is 0 Å². The number of hydrogen-bond donors (Lipinski definition) is 3. The maximum atomic E-state index is 13.2. The Labute approximate surface area is 196 Å². The average Bonchev–Trinajstić information content (AvgIpc) is 2.79. The van der Waals surface area contributed by atoms with Gasteiger partial charge in [-0.05, 0) is 43.8 Å². The second kappa shape index (κ2) is 12.2. The molecule has 0 radical (unpaired) electrons. The van der Waals surface area contributed by atoms with Crippen molar-refractivity contribution in [2.75, 3.05) is 11.9 Å². The first-order valence-corrected chi connectivity index (χ1v) is 11.9. The molecule has 6 heteroatoms. The third kappa shape index (κ3) is 6.57. The normalized spacial score (nSPS) is 15.7. The molecule has 0 aliphatic carbocycles. The van der Waals surface area contributed by atoms with Gasteiger partial charge in [0.25, 0.3) is 5.91 Å². The smallest absolute Gasteiger partial charge is 0.255 e. The van der Waals surface area contributed by atoms with Crippen molar-refractivity contribution in [3.63, 3.8) is 0 Å². The molecule has 0 saturated carbocycles. The van der Waals surface area contributed by atoms with Crippen LogP contribution >= 0.6 is 12.2 Å². The van der Waals surface area contributed by atoms with E-state index in [0.717, 1.165) is 29.1 Å². The van der Waals surface area contributed by atoms with E-state index in [1.54, 1.807) is 0 Å². The van der Waals surface area contributed by atoms with E-state index in [4.69, 9.17) is 17.0 Å². The highest BCUT2D eigenvalue weighted by atomic mass is 32.1. The molecule has 1 amide bonds. The zero-order valence-corrected chi connectivity index (χ0v) is 19.8. The summed E-state index contributed by atoms with van der Waals surface area (Å²) in [6, 6.07) is 16.9. The van der Waals surface area contributed by atoms with E-state index in [9.17, 15) is 4.79 Å². The minimum Gasteiger partial charge on any atom is -0.493 e. The number of thiocarbonyl (C=S) groups is 1. The Morgan fingerprint density at radius 3 is 2.47 bits per heavy atom. The first-order chi connectivity index (χ1) is 15.6. The molecule has 3 N–H and O–H groups in total. The first kappa shape index (κ1) is 23.8. The Bertz CT molecular complexity index is 943.